The van der Waals surface area contributed by atoms with Gasteiger partial charge in [0.1, 0.15) is 0 Å². The van der Waals surface area contributed by atoms with Crippen LogP contribution in [0.1, 0.15) is 37.9 Å². The molecule has 1 fully saturated rings. The van der Waals surface area contributed by atoms with Gasteiger partial charge in [0.25, 0.3) is 0 Å². The van der Waals surface area contributed by atoms with Crippen LogP contribution in [-0.2, 0) is 16.0 Å². The minimum atomic E-state index is -0.199. The lowest BCUT2D eigenvalue weighted by molar-refractivity contribution is -0.129. The topological polar surface area (TPSA) is 78.1 Å². The first-order chi connectivity index (χ1) is 9.99. The van der Waals surface area contributed by atoms with Crippen LogP contribution in [0.25, 0.3) is 0 Å². The molecule has 1 aromatic rings. The number of carbonyl (C=O) groups excluding carboxylic acids is 2. The zero-order valence-electron chi connectivity index (χ0n) is 13.0. The van der Waals surface area contributed by atoms with Crippen molar-refractivity contribution in [2.24, 2.45) is 5.92 Å². The first kappa shape index (κ1) is 15.5. The standard InChI is InChI=1S/C15H24N4O2/c1-10(2)19-9-13(7-14(19)20)15(21)16-6-4-5-12-8-17-18-11(12)3/h8,10,13H,4-7,9H2,1-3H3,(H,16,21)(H,17,18)/t13-/m1/s1. The predicted octanol–water partition coefficient (Wildman–Crippen LogP) is 1.02. The zero-order valence-corrected chi connectivity index (χ0v) is 13.0. The van der Waals surface area contributed by atoms with Crippen LogP contribution >= 0.6 is 0 Å². The maximum absolute atomic E-state index is 12.1. The molecule has 1 saturated heterocycles. The Labute approximate surface area is 125 Å². The SMILES string of the molecule is Cc1[nH]ncc1CCCNC(=O)[C@@H]1CC(=O)N(C(C)C)C1. The molecule has 1 atom stereocenters. The van der Waals surface area contributed by atoms with E-state index in [2.05, 4.69) is 15.5 Å². The number of H-pyrrole nitrogens is 1. The quantitative estimate of drug-likeness (QED) is 0.769. The normalized spacial score (nSPS) is 18.6. The van der Waals surface area contributed by atoms with Gasteiger partial charge in [-0.3, -0.25) is 14.7 Å². The predicted molar refractivity (Wildman–Crippen MR) is 79.6 cm³/mol. The fraction of sp³-hybridized carbons (Fsp3) is 0.667. The lowest BCUT2D eigenvalue weighted by Gasteiger charge is -2.20. The number of hydrogen-bond donors (Lipinski definition) is 2. The van der Waals surface area contributed by atoms with Gasteiger partial charge in [0.15, 0.2) is 0 Å². The summed E-state index contributed by atoms with van der Waals surface area (Å²) in [6.45, 7) is 7.13. The second kappa shape index (κ2) is 6.74. The zero-order chi connectivity index (χ0) is 15.4. The summed E-state index contributed by atoms with van der Waals surface area (Å²) < 4.78 is 0. The van der Waals surface area contributed by atoms with Gasteiger partial charge in [0, 0.05) is 31.2 Å². The summed E-state index contributed by atoms with van der Waals surface area (Å²) in [4.78, 5) is 25.6. The summed E-state index contributed by atoms with van der Waals surface area (Å²) in [5, 5.41) is 9.82. The maximum atomic E-state index is 12.1. The molecule has 1 aliphatic rings. The molecule has 116 valence electrons. The van der Waals surface area contributed by atoms with Crippen LogP contribution in [-0.4, -0.2) is 46.0 Å². The van der Waals surface area contributed by atoms with Gasteiger partial charge < -0.3 is 10.2 Å². The van der Waals surface area contributed by atoms with E-state index in [1.807, 2.05) is 27.0 Å². The van der Waals surface area contributed by atoms with Crippen molar-refractivity contribution in [3.05, 3.63) is 17.5 Å². The molecule has 1 aromatic heterocycles. The molecular weight excluding hydrogens is 268 g/mol. The van der Waals surface area contributed by atoms with Gasteiger partial charge in [0.2, 0.25) is 11.8 Å². The first-order valence-corrected chi connectivity index (χ1v) is 7.55. The first-order valence-electron chi connectivity index (χ1n) is 7.55. The van der Waals surface area contributed by atoms with Crippen LogP contribution < -0.4 is 5.32 Å². The van der Waals surface area contributed by atoms with Crippen LogP contribution in [0.15, 0.2) is 6.20 Å². The molecule has 21 heavy (non-hydrogen) atoms. The van der Waals surface area contributed by atoms with Gasteiger partial charge in [-0.15, -0.1) is 0 Å². The number of amides is 2. The van der Waals surface area contributed by atoms with E-state index >= 15 is 0 Å². The van der Waals surface area contributed by atoms with Gasteiger partial charge in [-0.2, -0.15) is 5.10 Å². The minimum absolute atomic E-state index is 0.00424. The van der Waals surface area contributed by atoms with Crippen molar-refractivity contribution in [3.8, 4) is 0 Å². The second-order valence-corrected chi connectivity index (χ2v) is 5.96. The van der Waals surface area contributed by atoms with E-state index in [1.165, 1.54) is 5.56 Å². The van der Waals surface area contributed by atoms with Crippen molar-refractivity contribution < 1.29 is 9.59 Å². The monoisotopic (exact) mass is 292 g/mol. The van der Waals surface area contributed by atoms with E-state index in [0.717, 1.165) is 18.5 Å². The molecule has 0 aromatic carbocycles. The molecule has 2 rings (SSSR count). The van der Waals surface area contributed by atoms with Crippen LogP contribution in [0.3, 0.4) is 0 Å². The van der Waals surface area contributed by atoms with Crippen LogP contribution in [0.2, 0.25) is 0 Å². The highest BCUT2D eigenvalue weighted by Gasteiger charge is 2.35. The number of hydrogen-bond acceptors (Lipinski definition) is 3. The molecule has 0 aliphatic carbocycles. The van der Waals surface area contributed by atoms with E-state index in [0.29, 0.717) is 19.5 Å². The largest absolute Gasteiger partial charge is 0.356 e. The van der Waals surface area contributed by atoms with Gasteiger partial charge in [-0.05, 0) is 39.2 Å². The van der Waals surface area contributed by atoms with E-state index in [-0.39, 0.29) is 23.8 Å². The summed E-state index contributed by atoms with van der Waals surface area (Å²) in [5.74, 6) is -0.120. The molecule has 6 nitrogen and oxygen atoms in total. The highest BCUT2D eigenvalue weighted by molar-refractivity contribution is 5.89. The smallest absolute Gasteiger partial charge is 0.225 e. The van der Waals surface area contributed by atoms with E-state index in [1.54, 1.807) is 4.90 Å². The molecule has 0 spiro atoms. The molecule has 0 radical (unpaired) electrons. The van der Waals surface area contributed by atoms with Crippen molar-refractivity contribution in [2.45, 2.75) is 46.1 Å². The summed E-state index contributed by atoms with van der Waals surface area (Å²) in [5.41, 5.74) is 2.27. The number of carbonyl (C=O) groups is 2. The molecule has 1 aliphatic heterocycles. The van der Waals surface area contributed by atoms with Crippen molar-refractivity contribution in [3.63, 3.8) is 0 Å². The lowest BCUT2D eigenvalue weighted by atomic mass is 10.1. The Morgan fingerprint density at radius 2 is 2.33 bits per heavy atom. The Balaban J connectivity index is 1.71. The summed E-state index contributed by atoms with van der Waals surface area (Å²) >= 11 is 0. The Bertz CT molecular complexity index is 510. The molecule has 0 saturated carbocycles. The average molecular weight is 292 g/mol. The van der Waals surface area contributed by atoms with Crippen LogP contribution in [0.4, 0.5) is 0 Å². The number of aryl methyl sites for hydroxylation is 2. The number of aromatic nitrogens is 2. The lowest BCUT2D eigenvalue weighted by Crippen LogP contribution is -2.35. The Morgan fingerprint density at radius 1 is 1.57 bits per heavy atom. The highest BCUT2D eigenvalue weighted by atomic mass is 16.2. The van der Waals surface area contributed by atoms with E-state index < -0.39 is 0 Å². The van der Waals surface area contributed by atoms with Gasteiger partial charge in [-0.1, -0.05) is 0 Å². The number of likely N-dealkylation sites (tertiary alicyclic amines) is 1. The Kier molecular flexibility index (Phi) is 4.98. The molecule has 6 heteroatoms. The number of aromatic amines is 1. The van der Waals surface area contributed by atoms with Gasteiger partial charge >= 0.3 is 0 Å². The molecule has 0 bridgehead atoms. The van der Waals surface area contributed by atoms with Crippen molar-refractivity contribution >= 4 is 11.8 Å². The van der Waals surface area contributed by atoms with Crippen LogP contribution in [0.5, 0.6) is 0 Å². The molecule has 2 N–H and O–H groups in total. The molecular formula is C15H24N4O2. The number of nitrogens with one attached hydrogen (secondary N) is 2. The fourth-order valence-corrected chi connectivity index (χ4v) is 2.67. The molecule has 0 unspecified atom stereocenters. The summed E-state index contributed by atoms with van der Waals surface area (Å²) in [6.07, 6.45) is 3.93. The Hall–Kier alpha value is -1.85. The van der Waals surface area contributed by atoms with E-state index in [9.17, 15) is 9.59 Å². The summed E-state index contributed by atoms with van der Waals surface area (Å²) in [7, 11) is 0. The average Bonchev–Trinajstić information content (AvgIpc) is 3.01. The highest BCUT2D eigenvalue weighted by Crippen LogP contribution is 2.20. The summed E-state index contributed by atoms with van der Waals surface area (Å²) in [6, 6.07) is 0.166. The number of nitrogens with zero attached hydrogens (tertiary/aromatic N) is 2. The van der Waals surface area contributed by atoms with Crippen molar-refractivity contribution in [1.82, 2.24) is 20.4 Å². The third-order valence-electron chi connectivity index (χ3n) is 4.01. The number of rotatable bonds is 6. The Morgan fingerprint density at radius 3 is 2.90 bits per heavy atom. The third kappa shape index (κ3) is 3.83. The van der Waals surface area contributed by atoms with Gasteiger partial charge in [0.05, 0.1) is 12.1 Å². The fourth-order valence-electron chi connectivity index (χ4n) is 2.67. The van der Waals surface area contributed by atoms with Crippen molar-refractivity contribution in [2.75, 3.05) is 13.1 Å². The van der Waals surface area contributed by atoms with Gasteiger partial charge in [-0.25, -0.2) is 0 Å². The minimum Gasteiger partial charge on any atom is -0.356 e. The van der Waals surface area contributed by atoms with E-state index in [4.69, 9.17) is 0 Å². The molecule has 2 amide bonds. The maximum Gasteiger partial charge on any atom is 0.225 e. The van der Waals surface area contributed by atoms with Crippen molar-refractivity contribution in [1.29, 1.82) is 0 Å². The van der Waals surface area contributed by atoms with Crippen LogP contribution in [0, 0.1) is 12.8 Å². The molecule has 2 heterocycles. The third-order valence-corrected chi connectivity index (χ3v) is 4.01. The second-order valence-electron chi connectivity index (χ2n) is 5.96.